The van der Waals surface area contributed by atoms with Crippen LogP contribution in [0, 0.1) is 0 Å². The standard InChI is InChI=1S/C11H10Cl2N2OS/c1-6(12)10-14-15-11(17-10)8-5-7(13)3-4-9(8)16-2/h3-6H,1-2H3. The van der Waals surface area contributed by atoms with E-state index in [9.17, 15) is 0 Å². The minimum atomic E-state index is -0.147. The van der Waals surface area contributed by atoms with Gasteiger partial charge in [0.2, 0.25) is 0 Å². The average molecular weight is 289 g/mol. The molecule has 6 heteroatoms. The van der Waals surface area contributed by atoms with Crippen LogP contribution in [0.15, 0.2) is 18.2 Å². The van der Waals surface area contributed by atoms with Crippen molar-refractivity contribution in [3.8, 4) is 16.3 Å². The van der Waals surface area contributed by atoms with Gasteiger partial charge < -0.3 is 4.74 Å². The molecular formula is C11H10Cl2N2OS. The average Bonchev–Trinajstić information content (AvgIpc) is 2.78. The maximum Gasteiger partial charge on any atom is 0.151 e. The number of hydrogen-bond donors (Lipinski definition) is 0. The summed E-state index contributed by atoms with van der Waals surface area (Å²) in [6.07, 6.45) is 0. The molecule has 0 aliphatic rings. The molecule has 0 spiro atoms. The number of halogens is 2. The third kappa shape index (κ3) is 2.70. The van der Waals surface area contributed by atoms with Gasteiger partial charge in [0.25, 0.3) is 0 Å². The van der Waals surface area contributed by atoms with Crippen LogP contribution < -0.4 is 4.74 Å². The van der Waals surface area contributed by atoms with E-state index in [-0.39, 0.29) is 5.38 Å². The van der Waals surface area contributed by atoms with Gasteiger partial charge in [-0.15, -0.1) is 21.8 Å². The molecule has 0 saturated heterocycles. The highest BCUT2D eigenvalue weighted by molar-refractivity contribution is 7.15. The smallest absolute Gasteiger partial charge is 0.151 e. The Balaban J connectivity index is 2.47. The monoisotopic (exact) mass is 288 g/mol. The molecule has 1 atom stereocenters. The van der Waals surface area contributed by atoms with Gasteiger partial charge in [-0.3, -0.25) is 0 Å². The minimum Gasteiger partial charge on any atom is -0.496 e. The summed E-state index contributed by atoms with van der Waals surface area (Å²) in [7, 11) is 1.61. The van der Waals surface area contributed by atoms with Gasteiger partial charge in [-0.25, -0.2) is 0 Å². The Morgan fingerprint density at radius 2 is 2.12 bits per heavy atom. The number of benzene rings is 1. The number of alkyl halides is 1. The molecule has 3 nitrogen and oxygen atoms in total. The highest BCUT2D eigenvalue weighted by atomic mass is 35.5. The predicted molar refractivity (Wildman–Crippen MR) is 71.2 cm³/mol. The molecule has 0 N–H and O–H groups in total. The summed E-state index contributed by atoms with van der Waals surface area (Å²) >= 11 is 13.4. The maximum absolute atomic E-state index is 5.97. The SMILES string of the molecule is COc1ccc(Cl)cc1-c1nnc(C(C)Cl)s1. The Bertz CT molecular complexity index is 528. The van der Waals surface area contributed by atoms with E-state index in [0.717, 1.165) is 21.3 Å². The summed E-state index contributed by atoms with van der Waals surface area (Å²) in [6.45, 7) is 1.86. The highest BCUT2D eigenvalue weighted by Gasteiger charge is 2.14. The van der Waals surface area contributed by atoms with Crippen molar-refractivity contribution in [3.05, 3.63) is 28.2 Å². The van der Waals surface area contributed by atoms with Crippen molar-refractivity contribution in [1.29, 1.82) is 0 Å². The summed E-state index contributed by atoms with van der Waals surface area (Å²) in [6, 6.07) is 5.39. The Labute approximate surface area is 113 Å². The van der Waals surface area contributed by atoms with Crippen molar-refractivity contribution in [1.82, 2.24) is 10.2 Å². The van der Waals surface area contributed by atoms with Gasteiger partial charge in [0.15, 0.2) is 5.01 Å². The van der Waals surface area contributed by atoms with Crippen molar-refractivity contribution in [2.45, 2.75) is 12.3 Å². The van der Waals surface area contributed by atoms with Gasteiger partial charge in [-0.1, -0.05) is 22.9 Å². The molecule has 1 aromatic carbocycles. The zero-order valence-electron chi connectivity index (χ0n) is 9.28. The Morgan fingerprint density at radius 1 is 1.35 bits per heavy atom. The molecule has 2 rings (SSSR count). The van der Waals surface area contributed by atoms with Gasteiger partial charge in [0.1, 0.15) is 10.8 Å². The Morgan fingerprint density at radius 3 is 2.71 bits per heavy atom. The number of rotatable bonds is 3. The molecule has 17 heavy (non-hydrogen) atoms. The van der Waals surface area contributed by atoms with E-state index < -0.39 is 0 Å². The molecule has 0 fully saturated rings. The van der Waals surface area contributed by atoms with E-state index >= 15 is 0 Å². The Hall–Kier alpha value is -0.840. The summed E-state index contributed by atoms with van der Waals surface area (Å²) in [5.41, 5.74) is 0.834. The highest BCUT2D eigenvalue weighted by Crippen LogP contribution is 2.36. The quantitative estimate of drug-likeness (QED) is 0.795. The van der Waals surface area contributed by atoms with Crippen molar-refractivity contribution in [2.24, 2.45) is 0 Å². The second kappa shape index (κ2) is 5.21. The molecule has 0 bridgehead atoms. The van der Waals surface area contributed by atoms with Gasteiger partial charge in [0.05, 0.1) is 18.1 Å². The third-order valence-electron chi connectivity index (χ3n) is 2.17. The number of hydrogen-bond acceptors (Lipinski definition) is 4. The van der Waals surface area contributed by atoms with Crippen molar-refractivity contribution >= 4 is 34.5 Å². The zero-order chi connectivity index (χ0) is 12.4. The molecule has 90 valence electrons. The van der Waals surface area contributed by atoms with Crippen molar-refractivity contribution in [3.63, 3.8) is 0 Å². The van der Waals surface area contributed by atoms with Crippen LogP contribution in [0.25, 0.3) is 10.6 Å². The summed E-state index contributed by atoms with van der Waals surface area (Å²) < 4.78 is 5.27. The van der Waals surface area contributed by atoms with Crippen LogP contribution in [0.4, 0.5) is 0 Å². The van der Waals surface area contributed by atoms with E-state index in [1.54, 1.807) is 13.2 Å². The first-order valence-corrected chi connectivity index (χ1v) is 6.56. The van der Waals surface area contributed by atoms with Crippen LogP contribution in [0.2, 0.25) is 5.02 Å². The number of ether oxygens (including phenoxy) is 1. The molecule has 2 aromatic rings. The second-order valence-corrected chi connectivity index (χ2v) is 5.51. The van der Waals surface area contributed by atoms with Crippen LogP contribution in [-0.2, 0) is 0 Å². The van der Waals surface area contributed by atoms with Gasteiger partial charge in [-0.05, 0) is 25.1 Å². The normalized spacial score (nSPS) is 12.5. The molecule has 0 radical (unpaired) electrons. The molecule has 0 saturated carbocycles. The molecule has 1 unspecified atom stereocenters. The van der Waals surface area contributed by atoms with Gasteiger partial charge in [0, 0.05) is 5.02 Å². The van der Waals surface area contributed by atoms with Gasteiger partial charge in [-0.2, -0.15) is 0 Å². The molecule has 1 heterocycles. The zero-order valence-corrected chi connectivity index (χ0v) is 11.6. The Kier molecular flexibility index (Phi) is 3.86. The first-order valence-electron chi connectivity index (χ1n) is 4.93. The first-order chi connectivity index (χ1) is 8.11. The molecule has 0 amide bonds. The lowest BCUT2D eigenvalue weighted by molar-refractivity contribution is 0.416. The lowest BCUT2D eigenvalue weighted by Gasteiger charge is -2.05. The van der Waals surface area contributed by atoms with Crippen LogP contribution in [0.3, 0.4) is 0 Å². The van der Waals surface area contributed by atoms with Crippen LogP contribution >= 0.6 is 34.5 Å². The maximum atomic E-state index is 5.97. The topological polar surface area (TPSA) is 35.0 Å². The fourth-order valence-electron chi connectivity index (χ4n) is 1.35. The van der Waals surface area contributed by atoms with Crippen LogP contribution in [0.1, 0.15) is 17.3 Å². The first kappa shape index (κ1) is 12.6. The molecule has 1 aromatic heterocycles. The summed E-state index contributed by atoms with van der Waals surface area (Å²) in [5, 5.41) is 10.2. The van der Waals surface area contributed by atoms with E-state index in [0.29, 0.717) is 5.02 Å². The van der Waals surface area contributed by atoms with Crippen LogP contribution in [0.5, 0.6) is 5.75 Å². The van der Waals surface area contributed by atoms with E-state index in [4.69, 9.17) is 27.9 Å². The number of aromatic nitrogens is 2. The van der Waals surface area contributed by atoms with E-state index in [1.165, 1.54) is 11.3 Å². The molecular weight excluding hydrogens is 279 g/mol. The summed E-state index contributed by atoms with van der Waals surface area (Å²) in [4.78, 5) is 0. The molecule has 0 aliphatic carbocycles. The van der Waals surface area contributed by atoms with Crippen molar-refractivity contribution < 1.29 is 4.74 Å². The van der Waals surface area contributed by atoms with E-state index in [2.05, 4.69) is 10.2 Å². The largest absolute Gasteiger partial charge is 0.496 e. The lowest BCUT2D eigenvalue weighted by Crippen LogP contribution is -1.87. The fraction of sp³-hybridized carbons (Fsp3) is 0.273. The minimum absolute atomic E-state index is 0.147. The lowest BCUT2D eigenvalue weighted by atomic mass is 10.2. The fourth-order valence-corrected chi connectivity index (χ4v) is 2.49. The predicted octanol–water partition coefficient (Wildman–Crippen LogP) is 4.17. The van der Waals surface area contributed by atoms with Crippen molar-refractivity contribution in [2.75, 3.05) is 7.11 Å². The van der Waals surface area contributed by atoms with Gasteiger partial charge >= 0.3 is 0 Å². The van der Waals surface area contributed by atoms with E-state index in [1.807, 2.05) is 19.1 Å². The third-order valence-corrected chi connectivity index (χ3v) is 3.88. The number of methoxy groups -OCH3 is 1. The molecule has 0 aliphatic heterocycles. The van der Waals surface area contributed by atoms with Crippen LogP contribution in [-0.4, -0.2) is 17.3 Å². The summed E-state index contributed by atoms with van der Waals surface area (Å²) in [5.74, 6) is 0.722. The number of nitrogens with zero attached hydrogens (tertiary/aromatic N) is 2. The second-order valence-electron chi connectivity index (χ2n) is 3.41.